The molecule has 0 aliphatic heterocycles. The molecule has 0 unspecified atom stereocenters. The molecule has 128 valence electrons. The topological polar surface area (TPSA) is 41.9 Å². The zero-order valence-electron chi connectivity index (χ0n) is 12.8. The molecule has 2 N–H and O–H groups in total. The van der Waals surface area contributed by atoms with Gasteiger partial charge in [0, 0.05) is 16.4 Å². The van der Waals surface area contributed by atoms with Crippen LogP contribution in [0, 0.1) is 0 Å². The minimum absolute atomic E-state index is 0.497. The van der Waals surface area contributed by atoms with Gasteiger partial charge in [0.15, 0.2) is 5.11 Å². The highest BCUT2D eigenvalue weighted by Gasteiger charge is 2.04. The lowest BCUT2D eigenvalue weighted by Crippen LogP contribution is -2.18. The van der Waals surface area contributed by atoms with Crippen LogP contribution in [0.25, 0.3) is 0 Å². The van der Waals surface area contributed by atoms with Crippen molar-refractivity contribution in [3.63, 3.8) is 0 Å². The summed E-state index contributed by atoms with van der Waals surface area (Å²) in [5.74, 6) is 0. The third-order valence-electron chi connectivity index (χ3n) is 3.32. The third kappa shape index (κ3) is 5.19. The van der Waals surface area contributed by atoms with Crippen molar-refractivity contribution in [2.75, 3.05) is 10.6 Å². The highest BCUT2D eigenvalue weighted by molar-refractivity contribution is 9.10. The lowest BCUT2D eigenvalue weighted by atomic mass is 10.2. The Hall–Kier alpha value is -1.60. The van der Waals surface area contributed by atoms with Crippen molar-refractivity contribution in [2.24, 2.45) is 0 Å². The molecular weight excluding hydrogens is 443 g/mol. The Balaban J connectivity index is 1.60. The van der Waals surface area contributed by atoms with Crippen LogP contribution in [0.15, 0.2) is 59.3 Å². The van der Waals surface area contributed by atoms with Crippen LogP contribution in [0.4, 0.5) is 11.4 Å². The molecule has 0 bridgehead atoms. The summed E-state index contributed by atoms with van der Waals surface area (Å²) in [6.45, 7) is 0.589. The normalized spacial score (nSPS) is 10.5. The number of halogens is 3. The fourth-order valence-electron chi connectivity index (χ4n) is 2.17. The minimum Gasteiger partial charge on any atom is -0.332 e. The zero-order valence-corrected chi connectivity index (χ0v) is 16.8. The van der Waals surface area contributed by atoms with Crippen LogP contribution < -0.4 is 10.6 Å². The number of hydrogen-bond acceptors (Lipinski definition) is 2. The summed E-state index contributed by atoms with van der Waals surface area (Å²) in [6, 6.07) is 13.3. The highest BCUT2D eigenvalue weighted by atomic mass is 79.9. The summed E-state index contributed by atoms with van der Waals surface area (Å²) >= 11 is 20.7. The Morgan fingerprint density at radius 3 is 2.48 bits per heavy atom. The summed E-state index contributed by atoms with van der Waals surface area (Å²) in [6.07, 6.45) is 3.59. The first-order valence-corrected chi connectivity index (χ1v) is 9.25. The maximum absolute atomic E-state index is 6.04. The van der Waals surface area contributed by atoms with Crippen molar-refractivity contribution in [1.29, 1.82) is 0 Å². The van der Waals surface area contributed by atoms with Gasteiger partial charge in [-0.05, 0) is 54.2 Å². The van der Waals surface area contributed by atoms with E-state index in [-0.39, 0.29) is 0 Å². The van der Waals surface area contributed by atoms with Crippen molar-refractivity contribution < 1.29 is 0 Å². The SMILES string of the molecule is S=C(Nc1ccc(Br)cc1)Nc1cnn(Cc2ccc(Cl)c(Cl)c2)c1. The molecule has 3 rings (SSSR count). The highest BCUT2D eigenvalue weighted by Crippen LogP contribution is 2.23. The Morgan fingerprint density at radius 2 is 1.76 bits per heavy atom. The number of benzene rings is 2. The number of anilines is 2. The zero-order chi connectivity index (χ0) is 17.8. The maximum Gasteiger partial charge on any atom is 0.175 e. The monoisotopic (exact) mass is 454 g/mol. The number of nitrogens with one attached hydrogen (secondary N) is 2. The van der Waals surface area contributed by atoms with Gasteiger partial charge in [-0.1, -0.05) is 45.2 Å². The predicted molar refractivity (Wildman–Crippen MR) is 112 cm³/mol. The summed E-state index contributed by atoms with van der Waals surface area (Å²) in [5.41, 5.74) is 2.72. The van der Waals surface area contributed by atoms with E-state index in [1.165, 1.54) is 0 Å². The van der Waals surface area contributed by atoms with E-state index in [0.717, 1.165) is 21.4 Å². The molecule has 25 heavy (non-hydrogen) atoms. The average molecular weight is 456 g/mol. The molecule has 0 atom stereocenters. The fourth-order valence-corrected chi connectivity index (χ4v) is 2.99. The van der Waals surface area contributed by atoms with Crippen LogP contribution in [0.2, 0.25) is 10.0 Å². The van der Waals surface area contributed by atoms with E-state index < -0.39 is 0 Å². The third-order valence-corrected chi connectivity index (χ3v) is 4.79. The van der Waals surface area contributed by atoms with Crippen molar-refractivity contribution in [1.82, 2.24) is 9.78 Å². The molecule has 0 aliphatic rings. The van der Waals surface area contributed by atoms with Crippen molar-refractivity contribution in [3.8, 4) is 0 Å². The molecule has 2 aromatic carbocycles. The summed E-state index contributed by atoms with van der Waals surface area (Å²) in [7, 11) is 0. The second kappa shape index (κ2) is 8.19. The van der Waals surface area contributed by atoms with Crippen molar-refractivity contribution >= 4 is 67.8 Å². The van der Waals surface area contributed by atoms with Gasteiger partial charge in [0.25, 0.3) is 0 Å². The van der Waals surface area contributed by atoms with Crippen LogP contribution in [0.1, 0.15) is 5.56 Å². The molecule has 0 aliphatic carbocycles. The van der Waals surface area contributed by atoms with Crippen LogP contribution >= 0.6 is 51.3 Å². The number of aromatic nitrogens is 2. The maximum atomic E-state index is 6.04. The Labute approximate surface area is 169 Å². The number of hydrogen-bond donors (Lipinski definition) is 2. The number of nitrogens with zero attached hydrogens (tertiary/aromatic N) is 2. The van der Waals surface area contributed by atoms with E-state index in [0.29, 0.717) is 21.7 Å². The van der Waals surface area contributed by atoms with E-state index in [2.05, 4.69) is 31.7 Å². The van der Waals surface area contributed by atoms with E-state index in [1.54, 1.807) is 16.9 Å². The molecule has 0 saturated heterocycles. The molecule has 0 amide bonds. The van der Waals surface area contributed by atoms with Crippen LogP contribution in [-0.2, 0) is 6.54 Å². The predicted octanol–water partition coefficient (Wildman–Crippen LogP) is 5.81. The quantitative estimate of drug-likeness (QED) is 0.487. The smallest absolute Gasteiger partial charge is 0.175 e. The second-order valence-electron chi connectivity index (χ2n) is 5.26. The van der Waals surface area contributed by atoms with Gasteiger partial charge in [-0.15, -0.1) is 0 Å². The van der Waals surface area contributed by atoms with Gasteiger partial charge >= 0.3 is 0 Å². The molecule has 8 heteroatoms. The van der Waals surface area contributed by atoms with E-state index >= 15 is 0 Å². The second-order valence-corrected chi connectivity index (χ2v) is 7.40. The lowest BCUT2D eigenvalue weighted by Gasteiger charge is -2.09. The first-order chi connectivity index (χ1) is 12.0. The Kier molecular flexibility index (Phi) is 5.96. The molecular formula is C17H13BrCl2N4S. The molecule has 3 aromatic rings. The lowest BCUT2D eigenvalue weighted by molar-refractivity contribution is 0.687. The van der Waals surface area contributed by atoms with Gasteiger partial charge in [0.2, 0.25) is 0 Å². The summed E-state index contributed by atoms with van der Waals surface area (Å²) in [4.78, 5) is 0. The van der Waals surface area contributed by atoms with Gasteiger partial charge in [-0.2, -0.15) is 5.10 Å². The molecule has 1 heterocycles. The molecule has 0 radical (unpaired) electrons. The summed E-state index contributed by atoms with van der Waals surface area (Å²) in [5, 5.41) is 12.1. The standard InChI is InChI=1S/C17H13BrCl2N4S/c18-12-2-4-13(5-3-12)22-17(25)23-14-8-21-24(10-14)9-11-1-6-15(19)16(20)7-11/h1-8,10H,9H2,(H2,22,23,25). The van der Waals surface area contributed by atoms with Crippen LogP contribution in [-0.4, -0.2) is 14.9 Å². The van der Waals surface area contributed by atoms with E-state index in [4.69, 9.17) is 35.4 Å². The fraction of sp³-hybridized carbons (Fsp3) is 0.0588. The average Bonchev–Trinajstić information content (AvgIpc) is 3.00. The largest absolute Gasteiger partial charge is 0.332 e. The van der Waals surface area contributed by atoms with Crippen molar-refractivity contribution in [3.05, 3.63) is 74.9 Å². The van der Waals surface area contributed by atoms with Crippen LogP contribution in [0.5, 0.6) is 0 Å². The number of rotatable bonds is 4. The van der Waals surface area contributed by atoms with E-state index in [1.807, 2.05) is 42.6 Å². The molecule has 0 saturated carbocycles. The Bertz CT molecular complexity index is 896. The Morgan fingerprint density at radius 1 is 1.04 bits per heavy atom. The first kappa shape index (κ1) is 18.2. The number of thiocarbonyl (C=S) groups is 1. The van der Waals surface area contributed by atoms with Crippen molar-refractivity contribution in [2.45, 2.75) is 6.54 Å². The molecule has 1 aromatic heterocycles. The van der Waals surface area contributed by atoms with Crippen LogP contribution in [0.3, 0.4) is 0 Å². The van der Waals surface area contributed by atoms with Gasteiger partial charge in [0.05, 0.1) is 28.5 Å². The van der Waals surface area contributed by atoms with Gasteiger partial charge in [-0.25, -0.2) is 0 Å². The molecule has 0 spiro atoms. The van der Waals surface area contributed by atoms with Gasteiger partial charge in [-0.3, -0.25) is 4.68 Å². The molecule has 0 fully saturated rings. The van der Waals surface area contributed by atoms with E-state index in [9.17, 15) is 0 Å². The minimum atomic E-state index is 0.497. The molecule has 4 nitrogen and oxygen atoms in total. The van der Waals surface area contributed by atoms with Gasteiger partial charge in [0.1, 0.15) is 0 Å². The first-order valence-electron chi connectivity index (χ1n) is 7.29. The van der Waals surface area contributed by atoms with Gasteiger partial charge < -0.3 is 10.6 Å². The summed E-state index contributed by atoms with van der Waals surface area (Å²) < 4.78 is 2.81.